The number of ether oxygens (including phenoxy) is 1. The van der Waals surface area contributed by atoms with Crippen molar-refractivity contribution in [1.82, 2.24) is 0 Å². The zero-order valence-corrected chi connectivity index (χ0v) is 21.5. The Kier molecular flexibility index (Phi) is 8.57. The van der Waals surface area contributed by atoms with E-state index in [-0.39, 0.29) is 12.0 Å². The lowest BCUT2D eigenvalue weighted by atomic mass is 9.82. The Morgan fingerprint density at radius 2 is 1.51 bits per heavy atom. The van der Waals surface area contributed by atoms with Crippen molar-refractivity contribution in [2.24, 2.45) is 0 Å². The van der Waals surface area contributed by atoms with Crippen molar-refractivity contribution in [3.63, 3.8) is 0 Å². The van der Waals surface area contributed by atoms with E-state index in [4.69, 9.17) is 9.84 Å². The van der Waals surface area contributed by atoms with E-state index in [9.17, 15) is 9.90 Å². The van der Waals surface area contributed by atoms with Crippen LogP contribution in [0, 0.1) is 0 Å². The highest BCUT2D eigenvalue weighted by atomic mass is 16.7. The number of benzene rings is 3. The first-order valence-electron chi connectivity index (χ1n) is 12.3. The summed E-state index contributed by atoms with van der Waals surface area (Å²) in [4.78, 5) is 13.2. The Labute approximate surface area is 209 Å². The second-order valence-corrected chi connectivity index (χ2v) is 9.75. The minimum Gasteiger partial charge on any atom is -0.449 e. The number of aliphatic hydroxyl groups excluding tert-OH is 1. The van der Waals surface area contributed by atoms with Crippen molar-refractivity contribution in [2.45, 2.75) is 52.9 Å². The lowest BCUT2D eigenvalue weighted by molar-refractivity contribution is 0.144. The Morgan fingerprint density at radius 3 is 2.09 bits per heavy atom. The van der Waals surface area contributed by atoms with Gasteiger partial charge in [-0.1, -0.05) is 51.1 Å². The summed E-state index contributed by atoms with van der Waals surface area (Å²) in [6, 6.07) is 20.2. The van der Waals surface area contributed by atoms with E-state index in [1.54, 1.807) is 12.1 Å². The van der Waals surface area contributed by atoms with Crippen LogP contribution >= 0.6 is 0 Å². The molecule has 0 amide bonds. The van der Waals surface area contributed by atoms with Gasteiger partial charge in [0.1, 0.15) is 5.75 Å². The molecule has 5 nitrogen and oxygen atoms in total. The summed E-state index contributed by atoms with van der Waals surface area (Å²) in [5.41, 5.74) is 8.10. The third-order valence-electron chi connectivity index (χ3n) is 6.33. The molecule has 0 saturated heterocycles. The summed E-state index contributed by atoms with van der Waals surface area (Å²) in [7, 11) is 0. The number of hydrogen-bond acceptors (Lipinski definition) is 4. The maximum atomic E-state index is 10.8. The van der Waals surface area contributed by atoms with Gasteiger partial charge in [0.05, 0.1) is 0 Å². The lowest BCUT2D eigenvalue weighted by Crippen LogP contribution is -2.26. The molecule has 0 fully saturated rings. The van der Waals surface area contributed by atoms with Gasteiger partial charge in [0.2, 0.25) is 0 Å². The number of aryl methyl sites for hydroxylation is 1. The molecule has 3 aromatic rings. The molecule has 0 aliphatic heterocycles. The highest BCUT2D eigenvalue weighted by Crippen LogP contribution is 2.38. The van der Waals surface area contributed by atoms with Gasteiger partial charge in [-0.2, -0.15) is 0 Å². The fraction of sp³-hybridized carbons (Fsp3) is 0.367. The van der Waals surface area contributed by atoms with Crippen molar-refractivity contribution in [3.05, 3.63) is 71.8 Å². The van der Waals surface area contributed by atoms with Crippen LogP contribution in [0.3, 0.4) is 0 Å². The molecule has 2 N–H and O–H groups in total. The SMILES string of the molecule is CCN(CC)c1ccc(-c2cc(-c3ccc(OC(=O)O)cc3)ccc2CCCO)cc1C(C)(C)C. The normalized spacial score (nSPS) is 11.4. The molecule has 3 aromatic carbocycles. The fourth-order valence-electron chi connectivity index (χ4n) is 4.47. The summed E-state index contributed by atoms with van der Waals surface area (Å²) in [5.74, 6) is 0.294. The summed E-state index contributed by atoms with van der Waals surface area (Å²) < 4.78 is 4.74. The van der Waals surface area contributed by atoms with E-state index in [1.165, 1.54) is 16.8 Å². The molecule has 0 radical (unpaired) electrons. The van der Waals surface area contributed by atoms with Gasteiger partial charge in [0.15, 0.2) is 0 Å². The van der Waals surface area contributed by atoms with Gasteiger partial charge < -0.3 is 19.8 Å². The third-order valence-corrected chi connectivity index (χ3v) is 6.33. The first kappa shape index (κ1) is 26.3. The zero-order valence-electron chi connectivity index (χ0n) is 21.5. The van der Waals surface area contributed by atoms with Crippen molar-refractivity contribution in [2.75, 3.05) is 24.6 Å². The van der Waals surface area contributed by atoms with Gasteiger partial charge >= 0.3 is 6.16 Å². The Morgan fingerprint density at radius 1 is 0.886 bits per heavy atom. The van der Waals surface area contributed by atoms with E-state index in [0.29, 0.717) is 12.2 Å². The maximum absolute atomic E-state index is 10.8. The molecule has 3 rings (SSSR count). The van der Waals surface area contributed by atoms with Gasteiger partial charge in [-0.3, -0.25) is 0 Å². The van der Waals surface area contributed by atoms with E-state index >= 15 is 0 Å². The molecule has 0 saturated carbocycles. The highest BCUT2D eigenvalue weighted by molar-refractivity contribution is 5.78. The van der Waals surface area contributed by atoms with Gasteiger partial charge in [-0.05, 0) is 95.8 Å². The van der Waals surface area contributed by atoms with Crippen LogP contribution in [-0.4, -0.2) is 36.1 Å². The monoisotopic (exact) mass is 475 g/mol. The van der Waals surface area contributed by atoms with Crippen molar-refractivity contribution in [1.29, 1.82) is 0 Å². The molecular formula is C30H37NO4. The molecule has 0 aromatic heterocycles. The first-order valence-corrected chi connectivity index (χ1v) is 12.3. The molecule has 0 bridgehead atoms. The number of carboxylic acid groups (broad SMARTS) is 1. The van der Waals surface area contributed by atoms with Gasteiger partial charge in [-0.15, -0.1) is 0 Å². The second kappa shape index (κ2) is 11.4. The summed E-state index contributed by atoms with van der Waals surface area (Å²) in [5, 5.41) is 18.3. The van der Waals surface area contributed by atoms with E-state index < -0.39 is 6.16 Å². The fourth-order valence-corrected chi connectivity index (χ4v) is 4.47. The van der Waals surface area contributed by atoms with Crippen molar-refractivity contribution >= 4 is 11.8 Å². The van der Waals surface area contributed by atoms with Crippen LogP contribution < -0.4 is 9.64 Å². The number of rotatable bonds is 9. The molecule has 0 aliphatic rings. The van der Waals surface area contributed by atoms with Crippen LogP contribution in [-0.2, 0) is 11.8 Å². The van der Waals surface area contributed by atoms with Crippen molar-refractivity contribution < 1.29 is 19.7 Å². The first-order chi connectivity index (χ1) is 16.7. The largest absolute Gasteiger partial charge is 0.511 e. The highest BCUT2D eigenvalue weighted by Gasteiger charge is 2.22. The molecule has 0 unspecified atom stereocenters. The molecular weight excluding hydrogens is 438 g/mol. The average Bonchev–Trinajstić information content (AvgIpc) is 2.83. The van der Waals surface area contributed by atoms with Crippen LogP contribution in [0.15, 0.2) is 60.7 Å². The van der Waals surface area contributed by atoms with E-state index in [0.717, 1.165) is 41.8 Å². The summed E-state index contributed by atoms with van der Waals surface area (Å²) in [6.07, 6.45) is 0.174. The number of nitrogens with zero attached hydrogens (tertiary/aromatic N) is 1. The van der Waals surface area contributed by atoms with Gasteiger partial charge in [-0.25, -0.2) is 4.79 Å². The predicted octanol–water partition coefficient (Wildman–Crippen LogP) is 7.15. The smallest absolute Gasteiger partial charge is 0.449 e. The Hall–Kier alpha value is -3.31. The molecule has 0 heterocycles. The van der Waals surface area contributed by atoms with Crippen LogP contribution in [0.5, 0.6) is 5.75 Å². The Bertz CT molecular complexity index is 1140. The van der Waals surface area contributed by atoms with Crippen molar-refractivity contribution in [3.8, 4) is 28.0 Å². The molecule has 0 atom stereocenters. The van der Waals surface area contributed by atoms with Gasteiger partial charge in [0.25, 0.3) is 0 Å². The van der Waals surface area contributed by atoms with E-state index in [2.05, 4.69) is 75.9 Å². The van der Waals surface area contributed by atoms with Crippen LogP contribution in [0.1, 0.15) is 52.2 Å². The number of hydrogen-bond donors (Lipinski definition) is 2. The average molecular weight is 476 g/mol. The van der Waals surface area contributed by atoms with Crippen LogP contribution in [0.2, 0.25) is 0 Å². The topological polar surface area (TPSA) is 70.0 Å². The summed E-state index contributed by atoms with van der Waals surface area (Å²) >= 11 is 0. The molecule has 0 spiro atoms. The van der Waals surface area contributed by atoms with Crippen LogP contribution in [0.4, 0.5) is 10.5 Å². The predicted molar refractivity (Wildman–Crippen MR) is 144 cm³/mol. The number of aliphatic hydroxyl groups is 1. The van der Waals surface area contributed by atoms with E-state index in [1.807, 2.05) is 12.1 Å². The minimum absolute atomic E-state index is 0.0171. The lowest BCUT2D eigenvalue weighted by Gasteiger charge is -2.31. The molecule has 5 heteroatoms. The quantitative estimate of drug-likeness (QED) is 0.254. The summed E-state index contributed by atoms with van der Waals surface area (Å²) in [6.45, 7) is 13.2. The van der Waals surface area contributed by atoms with Crippen LogP contribution in [0.25, 0.3) is 22.3 Å². The number of carbonyl (C=O) groups is 1. The molecule has 35 heavy (non-hydrogen) atoms. The molecule has 186 valence electrons. The molecule has 0 aliphatic carbocycles. The second-order valence-electron chi connectivity index (χ2n) is 9.75. The maximum Gasteiger partial charge on any atom is 0.511 e. The standard InChI is InChI=1S/C30H37NO4/c1-6-31(7-2)28-17-14-24(20-27(28)30(3,4)5)26-19-23(11-10-22(26)9-8-18-32)21-12-15-25(16-13-21)35-29(33)34/h10-17,19-20,32H,6-9,18H2,1-5H3,(H,33,34). The third kappa shape index (κ3) is 6.43. The minimum atomic E-state index is -1.32. The number of anilines is 1. The zero-order chi connectivity index (χ0) is 25.6. The van der Waals surface area contributed by atoms with Gasteiger partial charge in [0, 0.05) is 25.4 Å². The Balaban J connectivity index is 2.12.